The highest BCUT2D eigenvalue weighted by Crippen LogP contribution is 2.33. The minimum absolute atomic E-state index is 0.156. The second kappa shape index (κ2) is 10.4. The molecule has 29 heavy (non-hydrogen) atoms. The van der Waals surface area contributed by atoms with Crippen LogP contribution in [0.4, 0.5) is 0 Å². The number of hydrogen-bond donors (Lipinski definition) is 2. The lowest BCUT2D eigenvalue weighted by atomic mass is 9.78. The third kappa shape index (κ3) is 6.05. The van der Waals surface area contributed by atoms with Crippen molar-refractivity contribution in [2.45, 2.75) is 56.9 Å². The van der Waals surface area contributed by atoms with Gasteiger partial charge < -0.3 is 4.84 Å². The number of benzene rings is 2. The number of aryl methyl sites for hydroxylation is 2. The van der Waals surface area contributed by atoms with Gasteiger partial charge in [0.2, 0.25) is 0 Å². The van der Waals surface area contributed by atoms with Crippen molar-refractivity contribution >= 4 is 23.7 Å². The zero-order chi connectivity index (χ0) is 20.5. The van der Waals surface area contributed by atoms with Crippen LogP contribution in [0.3, 0.4) is 0 Å². The van der Waals surface area contributed by atoms with Gasteiger partial charge in [0.25, 0.3) is 5.91 Å². The van der Waals surface area contributed by atoms with Gasteiger partial charge >= 0.3 is 5.97 Å². The van der Waals surface area contributed by atoms with E-state index >= 15 is 0 Å². The molecule has 0 aliphatic heterocycles. The number of unbranched alkanes of at least 4 members (excludes halogenated alkanes) is 1. The summed E-state index contributed by atoms with van der Waals surface area (Å²) in [5.41, 5.74) is 4.87. The summed E-state index contributed by atoms with van der Waals surface area (Å²) >= 11 is 5.63. The van der Waals surface area contributed by atoms with Crippen LogP contribution in [0.15, 0.2) is 54.6 Å². The van der Waals surface area contributed by atoms with Crippen LogP contribution in [0.5, 0.6) is 0 Å². The van der Waals surface area contributed by atoms with E-state index < -0.39 is 11.5 Å². The third-order valence-electron chi connectivity index (χ3n) is 5.45. The van der Waals surface area contributed by atoms with E-state index in [1.807, 2.05) is 18.2 Å². The molecular formula is C23H27ClN2O3. The van der Waals surface area contributed by atoms with Gasteiger partial charge in [-0.05, 0) is 73.4 Å². The normalized spacial score (nSPS) is 14.7. The summed E-state index contributed by atoms with van der Waals surface area (Å²) in [7, 11) is 0. The van der Waals surface area contributed by atoms with Crippen LogP contribution in [0, 0.1) is 0 Å². The number of carbonyl (C=O) groups excluding carboxylic acids is 2. The first-order valence-electron chi connectivity index (χ1n) is 10.1. The summed E-state index contributed by atoms with van der Waals surface area (Å²) in [5.74, 6) is -0.907. The fourth-order valence-electron chi connectivity index (χ4n) is 3.42. The fraction of sp³-hybridized carbons (Fsp3) is 0.391. The molecule has 0 unspecified atom stereocenters. The molecule has 0 aromatic heterocycles. The molecule has 0 heterocycles. The highest BCUT2D eigenvalue weighted by molar-refractivity contribution is 6.15. The molecule has 1 amide bonds. The van der Waals surface area contributed by atoms with Gasteiger partial charge in [-0.2, -0.15) is 5.48 Å². The van der Waals surface area contributed by atoms with E-state index in [0.717, 1.165) is 37.7 Å². The Morgan fingerprint density at radius 3 is 2.03 bits per heavy atom. The molecule has 1 aliphatic rings. The van der Waals surface area contributed by atoms with E-state index in [-0.39, 0.29) is 12.3 Å². The van der Waals surface area contributed by atoms with Crippen LogP contribution in [-0.4, -0.2) is 17.4 Å². The second-order valence-electron chi connectivity index (χ2n) is 7.63. The first-order valence-corrected chi connectivity index (χ1v) is 10.5. The molecule has 1 aliphatic carbocycles. The molecule has 0 atom stereocenters. The Hall–Kier alpha value is -2.37. The van der Waals surface area contributed by atoms with Crippen molar-refractivity contribution in [2.24, 2.45) is 0 Å². The molecule has 3 rings (SSSR count). The van der Waals surface area contributed by atoms with Crippen molar-refractivity contribution < 1.29 is 14.4 Å². The van der Waals surface area contributed by atoms with Gasteiger partial charge in [-0.25, -0.2) is 9.63 Å². The lowest BCUT2D eigenvalue weighted by Gasteiger charge is -2.36. The van der Waals surface area contributed by atoms with Crippen molar-refractivity contribution in [1.29, 1.82) is 0 Å². The first-order chi connectivity index (χ1) is 14.1. The molecule has 1 saturated carbocycles. The minimum atomic E-state index is -0.864. The summed E-state index contributed by atoms with van der Waals surface area (Å²) < 4.78 is 0. The van der Waals surface area contributed by atoms with Crippen LogP contribution in [0.2, 0.25) is 0 Å². The van der Waals surface area contributed by atoms with Crippen LogP contribution in [0.25, 0.3) is 0 Å². The zero-order valence-electron chi connectivity index (χ0n) is 16.5. The van der Waals surface area contributed by atoms with E-state index in [9.17, 15) is 9.59 Å². The van der Waals surface area contributed by atoms with E-state index in [1.54, 1.807) is 0 Å². The summed E-state index contributed by atoms with van der Waals surface area (Å²) in [6.45, 7) is 0. The van der Waals surface area contributed by atoms with Crippen molar-refractivity contribution in [3.05, 3.63) is 71.3 Å². The molecule has 2 aromatic carbocycles. The Balaban J connectivity index is 1.36. The number of halogens is 1. The SMILES string of the molecule is O=C(Cc1ccc(CCCCc2ccccc2)cc1)NOC(=O)C1(NCl)CCC1. The average molecular weight is 415 g/mol. The predicted molar refractivity (Wildman–Crippen MR) is 113 cm³/mol. The first kappa shape index (κ1) is 21.3. The van der Waals surface area contributed by atoms with Gasteiger partial charge in [0.05, 0.1) is 6.42 Å². The average Bonchev–Trinajstić information content (AvgIpc) is 2.71. The molecule has 1 fully saturated rings. The maximum atomic E-state index is 12.0. The van der Waals surface area contributed by atoms with Gasteiger partial charge in [0, 0.05) is 0 Å². The largest absolute Gasteiger partial charge is 0.353 e. The molecule has 5 nitrogen and oxygen atoms in total. The molecule has 0 spiro atoms. The maximum absolute atomic E-state index is 12.0. The smallest absolute Gasteiger partial charge is 0.339 e. The van der Waals surface area contributed by atoms with Gasteiger partial charge in [0.1, 0.15) is 5.54 Å². The monoisotopic (exact) mass is 414 g/mol. The lowest BCUT2D eigenvalue weighted by Crippen LogP contribution is -2.55. The molecule has 2 aromatic rings. The van der Waals surface area contributed by atoms with Gasteiger partial charge in [-0.3, -0.25) is 4.79 Å². The van der Waals surface area contributed by atoms with Crippen LogP contribution in [-0.2, 0) is 33.7 Å². The van der Waals surface area contributed by atoms with Gasteiger partial charge in [0.15, 0.2) is 0 Å². The maximum Gasteiger partial charge on any atom is 0.353 e. The summed E-state index contributed by atoms with van der Waals surface area (Å²) in [6.07, 6.45) is 6.67. The summed E-state index contributed by atoms with van der Waals surface area (Å²) in [4.78, 5) is 31.4. The van der Waals surface area contributed by atoms with Crippen molar-refractivity contribution in [3.8, 4) is 0 Å². The lowest BCUT2D eigenvalue weighted by molar-refractivity contribution is -0.167. The van der Waals surface area contributed by atoms with Gasteiger partial charge in [-0.15, -0.1) is 0 Å². The number of amides is 1. The molecule has 154 valence electrons. The van der Waals surface area contributed by atoms with E-state index in [1.165, 1.54) is 11.1 Å². The number of rotatable bonds is 9. The third-order valence-corrected chi connectivity index (χ3v) is 5.81. The summed E-state index contributed by atoms with van der Waals surface area (Å²) in [6, 6.07) is 18.5. The van der Waals surface area contributed by atoms with Crippen molar-refractivity contribution in [2.75, 3.05) is 0 Å². The van der Waals surface area contributed by atoms with Crippen molar-refractivity contribution in [3.63, 3.8) is 0 Å². The fourth-order valence-corrected chi connectivity index (χ4v) is 3.68. The quantitative estimate of drug-likeness (QED) is 0.369. The van der Waals surface area contributed by atoms with Crippen LogP contribution < -0.4 is 10.3 Å². The molecular weight excluding hydrogens is 388 g/mol. The molecule has 6 heteroatoms. The minimum Gasteiger partial charge on any atom is -0.339 e. The standard InChI is InChI=1S/C23H27ClN2O3/c24-26-23(15-6-16-23)22(28)29-25-21(27)17-20-13-11-19(12-14-20)10-5-4-9-18-7-2-1-3-8-18/h1-3,7-8,11-14,26H,4-6,9-10,15-17H2,(H,25,27). The van der Waals surface area contributed by atoms with E-state index in [4.69, 9.17) is 16.6 Å². The molecule has 0 saturated heterocycles. The highest BCUT2D eigenvalue weighted by Gasteiger charge is 2.46. The number of hydrogen-bond acceptors (Lipinski definition) is 4. The number of hydroxylamine groups is 1. The highest BCUT2D eigenvalue weighted by atomic mass is 35.5. The van der Waals surface area contributed by atoms with Gasteiger partial charge in [-0.1, -0.05) is 54.6 Å². The Morgan fingerprint density at radius 1 is 0.897 bits per heavy atom. The van der Waals surface area contributed by atoms with Crippen LogP contribution in [0.1, 0.15) is 48.8 Å². The van der Waals surface area contributed by atoms with E-state index in [0.29, 0.717) is 12.8 Å². The predicted octanol–water partition coefficient (Wildman–Crippen LogP) is 4.04. The second-order valence-corrected chi connectivity index (χ2v) is 7.82. The number of carbonyl (C=O) groups is 2. The Morgan fingerprint density at radius 2 is 1.48 bits per heavy atom. The number of nitrogens with one attached hydrogen (secondary N) is 2. The Kier molecular flexibility index (Phi) is 7.67. The van der Waals surface area contributed by atoms with Crippen molar-refractivity contribution in [1.82, 2.24) is 10.3 Å². The Bertz CT molecular complexity index is 799. The molecule has 0 bridgehead atoms. The zero-order valence-corrected chi connectivity index (χ0v) is 17.2. The molecule has 2 N–H and O–H groups in total. The Labute approximate surface area is 176 Å². The molecule has 0 radical (unpaired) electrons. The van der Waals surface area contributed by atoms with E-state index in [2.05, 4.69) is 46.7 Å². The van der Waals surface area contributed by atoms with Crippen LogP contribution >= 0.6 is 11.8 Å². The summed E-state index contributed by atoms with van der Waals surface area (Å²) in [5, 5.41) is 0. The topological polar surface area (TPSA) is 67.4 Å².